The summed E-state index contributed by atoms with van der Waals surface area (Å²) in [7, 11) is 0. The first kappa shape index (κ1) is 14.5. The van der Waals surface area contributed by atoms with Gasteiger partial charge in [-0.15, -0.1) is 0 Å². The summed E-state index contributed by atoms with van der Waals surface area (Å²) in [5, 5.41) is 5.28. The largest absolute Gasteiger partial charge is 0.355 e. The first-order chi connectivity index (χ1) is 9.45. The van der Waals surface area contributed by atoms with Gasteiger partial charge >= 0.3 is 0 Å². The highest BCUT2D eigenvalue weighted by Gasteiger charge is 2.56. The zero-order valence-corrected chi connectivity index (χ0v) is 11.7. The molecule has 108 valence electrons. The van der Waals surface area contributed by atoms with Gasteiger partial charge in [0.2, 0.25) is 11.8 Å². The number of anilines is 1. The number of para-hydroxylation sites is 1. The maximum absolute atomic E-state index is 13.5. The minimum Gasteiger partial charge on any atom is -0.355 e. The van der Waals surface area contributed by atoms with Crippen molar-refractivity contribution >= 4 is 17.5 Å². The predicted octanol–water partition coefficient (Wildman–Crippen LogP) is 2.32. The van der Waals surface area contributed by atoms with Crippen molar-refractivity contribution in [2.75, 3.05) is 11.9 Å². The molecule has 1 saturated carbocycles. The van der Waals surface area contributed by atoms with Crippen molar-refractivity contribution < 1.29 is 14.0 Å². The zero-order chi connectivity index (χ0) is 14.8. The van der Waals surface area contributed by atoms with E-state index >= 15 is 0 Å². The number of nitrogens with one attached hydrogen (secondary N) is 2. The van der Waals surface area contributed by atoms with E-state index in [1.165, 1.54) is 12.1 Å². The lowest BCUT2D eigenvalue weighted by Gasteiger charge is -2.16. The molecule has 0 atom stereocenters. The fourth-order valence-electron chi connectivity index (χ4n) is 1.95. The first-order valence-electron chi connectivity index (χ1n) is 6.80. The molecule has 0 aliphatic heterocycles. The van der Waals surface area contributed by atoms with Crippen molar-refractivity contribution in [2.45, 2.75) is 26.7 Å². The second-order valence-electron chi connectivity index (χ2n) is 5.62. The monoisotopic (exact) mass is 278 g/mol. The number of amides is 2. The van der Waals surface area contributed by atoms with Crippen LogP contribution in [0.3, 0.4) is 0 Å². The maximum Gasteiger partial charge on any atom is 0.240 e. The molecule has 0 saturated heterocycles. The number of halogens is 1. The summed E-state index contributed by atoms with van der Waals surface area (Å²) >= 11 is 0. The van der Waals surface area contributed by atoms with E-state index in [2.05, 4.69) is 10.6 Å². The van der Waals surface area contributed by atoms with E-state index in [1.54, 1.807) is 12.1 Å². The molecule has 0 unspecified atom stereocenters. The van der Waals surface area contributed by atoms with Gasteiger partial charge in [-0.3, -0.25) is 9.59 Å². The third-order valence-electron chi connectivity index (χ3n) is 3.41. The van der Waals surface area contributed by atoms with Crippen LogP contribution in [0.15, 0.2) is 24.3 Å². The molecule has 2 N–H and O–H groups in total. The third kappa shape index (κ3) is 2.98. The summed E-state index contributed by atoms with van der Waals surface area (Å²) < 4.78 is 13.5. The molecule has 1 aliphatic rings. The number of carbonyl (C=O) groups excluding carboxylic acids is 2. The topological polar surface area (TPSA) is 58.2 Å². The predicted molar refractivity (Wildman–Crippen MR) is 74.5 cm³/mol. The molecule has 0 radical (unpaired) electrons. The second-order valence-corrected chi connectivity index (χ2v) is 5.62. The summed E-state index contributed by atoms with van der Waals surface area (Å²) in [6.45, 7) is 4.51. The SMILES string of the molecule is CC(C)CNC(=O)C1(C(=O)Nc2ccccc2F)CC1. The Kier molecular flexibility index (Phi) is 4.06. The number of hydrogen-bond acceptors (Lipinski definition) is 2. The normalized spacial score (nSPS) is 15.8. The van der Waals surface area contributed by atoms with Gasteiger partial charge in [-0.05, 0) is 30.9 Å². The second kappa shape index (κ2) is 5.61. The van der Waals surface area contributed by atoms with Gasteiger partial charge in [0, 0.05) is 6.54 Å². The lowest BCUT2D eigenvalue weighted by atomic mass is 10.0. The minimum absolute atomic E-state index is 0.112. The summed E-state index contributed by atoms with van der Waals surface area (Å²) in [4.78, 5) is 24.3. The highest BCUT2D eigenvalue weighted by molar-refractivity contribution is 6.13. The van der Waals surface area contributed by atoms with Crippen molar-refractivity contribution in [3.8, 4) is 0 Å². The quantitative estimate of drug-likeness (QED) is 0.812. The fraction of sp³-hybridized carbons (Fsp3) is 0.467. The van der Waals surface area contributed by atoms with Gasteiger partial charge in [-0.2, -0.15) is 0 Å². The zero-order valence-electron chi connectivity index (χ0n) is 11.7. The van der Waals surface area contributed by atoms with Crippen LogP contribution in [-0.4, -0.2) is 18.4 Å². The number of hydrogen-bond donors (Lipinski definition) is 2. The molecule has 1 aromatic carbocycles. The Hall–Kier alpha value is -1.91. The van der Waals surface area contributed by atoms with Crippen LogP contribution >= 0.6 is 0 Å². The highest BCUT2D eigenvalue weighted by atomic mass is 19.1. The van der Waals surface area contributed by atoms with Crippen LogP contribution in [-0.2, 0) is 9.59 Å². The fourth-order valence-corrected chi connectivity index (χ4v) is 1.95. The number of benzene rings is 1. The van der Waals surface area contributed by atoms with Crippen LogP contribution in [0.4, 0.5) is 10.1 Å². The highest BCUT2D eigenvalue weighted by Crippen LogP contribution is 2.46. The summed E-state index contributed by atoms with van der Waals surface area (Å²) in [6.07, 6.45) is 1.02. The smallest absolute Gasteiger partial charge is 0.240 e. The molecular formula is C15H19FN2O2. The maximum atomic E-state index is 13.5. The van der Waals surface area contributed by atoms with E-state index in [0.29, 0.717) is 25.3 Å². The summed E-state index contributed by atoms with van der Waals surface area (Å²) in [5.74, 6) is -0.868. The molecule has 5 heteroatoms. The van der Waals surface area contributed by atoms with Crippen molar-refractivity contribution in [3.63, 3.8) is 0 Å². The van der Waals surface area contributed by atoms with Gasteiger partial charge < -0.3 is 10.6 Å². The molecular weight excluding hydrogens is 259 g/mol. The first-order valence-corrected chi connectivity index (χ1v) is 6.80. The van der Waals surface area contributed by atoms with Gasteiger partial charge in [0.25, 0.3) is 0 Å². The molecule has 0 aromatic heterocycles. The van der Waals surface area contributed by atoms with E-state index in [0.717, 1.165) is 0 Å². The Balaban J connectivity index is 2.02. The average molecular weight is 278 g/mol. The van der Waals surface area contributed by atoms with E-state index in [9.17, 15) is 14.0 Å². The molecule has 1 fully saturated rings. The molecule has 4 nitrogen and oxygen atoms in total. The Labute approximate surface area is 117 Å². The van der Waals surface area contributed by atoms with Crippen molar-refractivity contribution in [3.05, 3.63) is 30.1 Å². The molecule has 0 spiro atoms. The third-order valence-corrected chi connectivity index (χ3v) is 3.41. The minimum atomic E-state index is -1.02. The van der Waals surface area contributed by atoms with Gasteiger partial charge in [0.15, 0.2) is 0 Å². The Morgan fingerprint density at radius 3 is 2.45 bits per heavy atom. The van der Waals surface area contributed by atoms with Gasteiger partial charge in [0.1, 0.15) is 11.2 Å². The summed E-state index contributed by atoms with van der Waals surface area (Å²) in [6, 6.07) is 5.94. The van der Waals surface area contributed by atoms with Crippen molar-refractivity contribution in [1.82, 2.24) is 5.32 Å². The number of carbonyl (C=O) groups is 2. The van der Waals surface area contributed by atoms with Crippen LogP contribution in [0, 0.1) is 17.2 Å². The van der Waals surface area contributed by atoms with Crippen LogP contribution < -0.4 is 10.6 Å². The Morgan fingerprint density at radius 2 is 1.90 bits per heavy atom. The van der Waals surface area contributed by atoms with E-state index < -0.39 is 17.1 Å². The van der Waals surface area contributed by atoms with Crippen LogP contribution in [0.2, 0.25) is 0 Å². The summed E-state index contributed by atoms with van der Waals surface area (Å²) in [5.41, 5.74) is -0.905. The lowest BCUT2D eigenvalue weighted by molar-refractivity contribution is -0.134. The van der Waals surface area contributed by atoms with Gasteiger partial charge in [0.05, 0.1) is 5.69 Å². The van der Waals surface area contributed by atoms with Crippen molar-refractivity contribution in [2.24, 2.45) is 11.3 Å². The van der Waals surface area contributed by atoms with E-state index in [1.807, 2.05) is 13.8 Å². The van der Waals surface area contributed by atoms with Gasteiger partial charge in [-0.25, -0.2) is 4.39 Å². The molecule has 0 heterocycles. The van der Waals surface area contributed by atoms with E-state index in [4.69, 9.17) is 0 Å². The van der Waals surface area contributed by atoms with Crippen LogP contribution in [0.1, 0.15) is 26.7 Å². The lowest BCUT2D eigenvalue weighted by Crippen LogP contribution is -2.41. The van der Waals surface area contributed by atoms with Crippen LogP contribution in [0.25, 0.3) is 0 Å². The molecule has 20 heavy (non-hydrogen) atoms. The molecule has 2 amide bonds. The molecule has 1 aromatic rings. The Morgan fingerprint density at radius 1 is 1.25 bits per heavy atom. The van der Waals surface area contributed by atoms with Crippen molar-refractivity contribution in [1.29, 1.82) is 0 Å². The van der Waals surface area contributed by atoms with Crippen LogP contribution in [0.5, 0.6) is 0 Å². The standard InChI is InChI=1S/C15H19FN2O2/c1-10(2)9-17-13(19)15(7-8-15)14(20)18-12-6-4-3-5-11(12)16/h3-6,10H,7-9H2,1-2H3,(H,17,19)(H,18,20). The molecule has 0 bridgehead atoms. The molecule has 1 aliphatic carbocycles. The Bertz CT molecular complexity index is 524. The van der Waals surface area contributed by atoms with E-state index in [-0.39, 0.29) is 11.6 Å². The van der Waals surface area contributed by atoms with Gasteiger partial charge in [-0.1, -0.05) is 26.0 Å². The molecule has 2 rings (SSSR count). The average Bonchev–Trinajstić information content (AvgIpc) is 3.20. The number of rotatable bonds is 5.